The van der Waals surface area contributed by atoms with Crippen molar-refractivity contribution >= 4 is 11.7 Å². The van der Waals surface area contributed by atoms with Crippen LogP contribution in [0.5, 0.6) is 5.75 Å². The predicted octanol–water partition coefficient (Wildman–Crippen LogP) is 4.16. The molecular formula is C29H32FN5O2. The molecule has 2 bridgehead atoms. The second-order valence-corrected chi connectivity index (χ2v) is 11.4. The molecule has 5 heterocycles. The zero-order valence-electron chi connectivity index (χ0n) is 21.4. The van der Waals surface area contributed by atoms with Crippen molar-refractivity contribution in [3.8, 4) is 22.9 Å². The van der Waals surface area contributed by atoms with Crippen LogP contribution >= 0.6 is 0 Å². The first kappa shape index (κ1) is 23.9. The number of carbonyl (C=O) groups excluding carboxylic acids is 1. The lowest BCUT2D eigenvalue weighted by Crippen LogP contribution is -2.59. The normalized spacial score (nSPS) is 23.8. The minimum absolute atomic E-state index is 0.0260. The van der Waals surface area contributed by atoms with Crippen LogP contribution in [0.2, 0.25) is 0 Å². The molecule has 1 N–H and O–H groups in total. The number of benzene rings is 1. The van der Waals surface area contributed by atoms with E-state index in [1.165, 1.54) is 24.3 Å². The number of aromatic hydroxyl groups is 1. The van der Waals surface area contributed by atoms with Crippen molar-refractivity contribution in [2.75, 3.05) is 31.1 Å². The number of phenols is 1. The Labute approximate surface area is 216 Å². The van der Waals surface area contributed by atoms with Gasteiger partial charge in [-0.2, -0.15) is 5.26 Å². The van der Waals surface area contributed by atoms with Crippen LogP contribution in [0.25, 0.3) is 11.1 Å². The molecule has 0 saturated carbocycles. The molecule has 4 aliphatic rings. The van der Waals surface area contributed by atoms with Gasteiger partial charge < -0.3 is 14.9 Å². The molecule has 8 heteroatoms. The van der Waals surface area contributed by atoms with Gasteiger partial charge in [-0.25, -0.2) is 9.37 Å². The number of aromatic nitrogens is 1. The van der Waals surface area contributed by atoms with Gasteiger partial charge in [-0.05, 0) is 69.4 Å². The van der Waals surface area contributed by atoms with Gasteiger partial charge in [-0.3, -0.25) is 9.69 Å². The van der Waals surface area contributed by atoms with Gasteiger partial charge in [-0.15, -0.1) is 0 Å². The maximum absolute atomic E-state index is 15.3. The number of nitrogens with zero attached hydrogens (tertiary/aromatic N) is 5. The summed E-state index contributed by atoms with van der Waals surface area (Å²) >= 11 is 0. The highest BCUT2D eigenvalue weighted by Crippen LogP contribution is 2.50. The van der Waals surface area contributed by atoms with E-state index >= 15 is 4.39 Å². The third kappa shape index (κ3) is 3.63. The molecule has 1 aromatic heterocycles. The van der Waals surface area contributed by atoms with Crippen LogP contribution in [0, 0.1) is 22.6 Å². The molecule has 37 heavy (non-hydrogen) atoms. The van der Waals surface area contributed by atoms with Gasteiger partial charge in [0, 0.05) is 54.8 Å². The summed E-state index contributed by atoms with van der Waals surface area (Å²) in [6, 6.07) is 7.21. The summed E-state index contributed by atoms with van der Waals surface area (Å²) in [6.07, 6.45) is 4.98. The maximum atomic E-state index is 15.3. The molecule has 6 rings (SSSR count). The molecule has 1 amide bonds. The Balaban J connectivity index is 1.48. The maximum Gasteiger partial charge on any atom is 0.245 e. The monoisotopic (exact) mass is 501 g/mol. The average molecular weight is 502 g/mol. The third-order valence-corrected chi connectivity index (χ3v) is 8.83. The molecule has 7 nitrogen and oxygen atoms in total. The van der Waals surface area contributed by atoms with E-state index in [9.17, 15) is 15.2 Å². The minimum atomic E-state index is -0.456. The number of nitriles is 1. The van der Waals surface area contributed by atoms with Gasteiger partial charge >= 0.3 is 0 Å². The van der Waals surface area contributed by atoms with Crippen LogP contribution < -0.4 is 4.90 Å². The van der Waals surface area contributed by atoms with Gasteiger partial charge in [0.05, 0.1) is 11.7 Å². The van der Waals surface area contributed by atoms with E-state index in [1.54, 1.807) is 4.90 Å². The van der Waals surface area contributed by atoms with Crippen molar-refractivity contribution in [2.45, 2.75) is 57.7 Å². The van der Waals surface area contributed by atoms with Gasteiger partial charge in [0.25, 0.3) is 0 Å². The lowest BCUT2D eigenvalue weighted by atomic mass is 9.79. The number of likely N-dealkylation sites (tertiary alicyclic amines) is 1. The Morgan fingerprint density at radius 2 is 2.11 bits per heavy atom. The molecule has 2 atom stereocenters. The molecule has 2 unspecified atom stereocenters. The fraction of sp³-hybridized carbons (Fsp3) is 0.483. The summed E-state index contributed by atoms with van der Waals surface area (Å²) in [5, 5.41) is 20.7. The first-order valence-electron chi connectivity index (χ1n) is 13.1. The van der Waals surface area contributed by atoms with Crippen LogP contribution in [0.4, 0.5) is 10.2 Å². The molecule has 0 radical (unpaired) electrons. The van der Waals surface area contributed by atoms with E-state index in [2.05, 4.69) is 36.3 Å². The smallest absolute Gasteiger partial charge is 0.245 e. The molecule has 3 saturated heterocycles. The Morgan fingerprint density at radius 1 is 1.32 bits per heavy atom. The second kappa shape index (κ2) is 8.56. The van der Waals surface area contributed by atoms with Gasteiger partial charge in [-0.1, -0.05) is 6.58 Å². The van der Waals surface area contributed by atoms with Crippen LogP contribution in [-0.4, -0.2) is 64.1 Å². The number of pyridine rings is 1. The van der Waals surface area contributed by atoms with Gasteiger partial charge in [0.1, 0.15) is 29.0 Å². The number of hydrogen-bond donors (Lipinski definition) is 1. The molecule has 192 valence electrons. The quantitative estimate of drug-likeness (QED) is 0.634. The Morgan fingerprint density at radius 3 is 2.81 bits per heavy atom. The van der Waals surface area contributed by atoms with Crippen molar-refractivity contribution in [3.05, 3.63) is 53.5 Å². The van der Waals surface area contributed by atoms with Crippen molar-refractivity contribution in [1.29, 1.82) is 5.26 Å². The number of fused-ring (bicyclic) bond motifs is 4. The molecule has 4 aliphatic heterocycles. The molecule has 0 aliphatic carbocycles. The highest BCUT2D eigenvalue weighted by molar-refractivity contribution is 5.88. The Kier molecular flexibility index (Phi) is 5.53. The van der Waals surface area contributed by atoms with Crippen LogP contribution in [-0.2, 0) is 11.2 Å². The SMILES string of the molecule is C=CC(=O)N1CC2(CCN(c3nc4c(c(-c5cc(O)ccc5F)c3C#N)CC3CCC4N3C(C)C)C2)C1. The Hall–Kier alpha value is -3.44. The van der Waals surface area contributed by atoms with Crippen molar-refractivity contribution < 1.29 is 14.3 Å². The average Bonchev–Trinajstić information content (AvgIpc) is 3.45. The summed E-state index contributed by atoms with van der Waals surface area (Å²) in [6.45, 7) is 10.7. The topological polar surface area (TPSA) is 83.7 Å². The molecule has 2 aromatic rings. The molecule has 1 aromatic carbocycles. The number of anilines is 1. The summed E-state index contributed by atoms with van der Waals surface area (Å²) in [5.74, 6) is 0.0534. The fourth-order valence-corrected chi connectivity index (χ4v) is 7.28. The van der Waals surface area contributed by atoms with Crippen LogP contribution in [0.1, 0.15) is 56.0 Å². The zero-order valence-corrected chi connectivity index (χ0v) is 21.4. The van der Waals surface area contributed by atoms with Crippen molar-refractivity contribution in [3.63, 3.8) is 0 Å². The van der Waals surface area contributed by atoms with E-state index in [4.69, 9.17) is 4.98 Å². The highest BCUT2D eigenvalue weighted by atomic mass is 19.1. The minimum Gasteiger partial charge on any atom is -0.508 e. The van der Waals surface area contributed by atoms with Crippen LogP contribution in [0.15, 0.2) is 30.9 Å². The number of amides is 1. The molecule has 3 fully saturated rings. The highest BCUT2D eigenvalue weighted by Gasteiger charge is 2.50. The zero-order chi connectivity index (χ0) is 26.1. The first-order valence-corrected chi connectivity index (χ1v) is 13.1. The summed E-state index contributed by atoms with van der Waals surface area (Å²) < 4.78 is 15.3. The number of carbonyl (C=O) groups is 1. The van der Waals surface area contributed by atoms with Crippen LogP contribution in [0.3, 0.4) is 0 Å². The van der Waals surface area contributed by atoms with E-state index in [1.807, 2.05) is 0 Å². The van der Waals surface area contributed by atoms with Crippen molar-refractivity contribution in [2.24, 2.45) is 5.41 Å². The summed E-state index contributed by atoms with van der Waals surface area (Å²) in [7, 11) is 0. The Bertz CT molecular complexity index is 1340. The first-order chi connectivity index (χ1) is 17.7. The van der Waals surface area contributed by atoms with Gasteiger partial charge in [0.2, 0.25) is 5.91 Å². The van der Waals surface area contributed by atoms with E-state index in [0.717, 1.165) is 37.1 Å². The van der Waals surface area contributed by atoms with Gasteiger partial charge in [0.15, 0.2) is 0 Å². The number of halogens is 1. The van der Waals surface area contributed by atoms with E-state index < -0.39 is 5.82 Å². The predicted molar refractivity (Wildman–Crippen MR) is 138 cm³/mol. The summed E-state index contributed by atoms with van der Waals surface area (Å²) in [4.78, 5) is 23.7. The lowest BCUT2D eigenvalue weighted by Gasteiger charge is -2.47. The van der Waals surface area contributed by atoms with E-state index in [-0.39, 0.29) is 28.7 Å². The largest absolute Gasteiger partial charge is 0.508 e. The molecular weight excluding hydrogens is 469 g/mol. The third-order valence-electron chi connectivity index (χ3n) is 8.83. The number of phenolic OH excluding ortho intramolecular Hbond substituents is 1. The number of hydrogen-bond acceptors (Lipinski definition) is 6. The van der Waals surface area contributed by atoms with E-state index in [0.29, 0.717) is 55.1 Å². The summed E-state index contributed by atoms with van der Waals surface area (Å²) in [5.41, 5.74) is 3.06. The van der Waals surface area contributed by atoms with Crippen molar-refractivity contribution in [1.82, 2.24) is 14.8 Å². The molecule has 1 spiro atoms. The second-order valence-electron chi connectivity index (χ2n) is 11.4. The fourth-order valence-electron chi connectivity index (χ4n) is 7.28. The standard InChI is InChI=1S/C29H32FN5O2/c1-4-25(37)34-15-29(16-34)9-10-33(14-29)28-22(13-31)26(20-12-19(36)6-7-23(20)30)21-11-18-5-8-24(27(21)32-28)35(18)17(2)3/h4,6-7,12,17-18,24,36H,1,5,8-11,14-16H2,2-3H3. The lowest BCUT2D eigenvalue weighted by molar-refractivity contribution is -0.136. The number of rotatable bonds is 4.